The lowest BCUT2D eigenvalue weighted by molar-refractivity contribution is -0.121. The smallest absolute Gasteiger partial charge is 0.339 e. The minimum Gasteiger partial charge on any atom is -0.507 e. The third-order valence-corrected chi connectivity index (χ3v) is 3.06. The number of amides is 1. The molecule has 24 heavy (non-hydrogen) atoms. The highest BCUT2D eigenvalue weighted by atomic mass is 32.1. The number of hydrogen-bond acceptors (Lipinski definition) is 5. The number of ether oxygens (including phenoxy) is 1. The second-order valence-electron chi connectivity index (χ2n) is 4.64. The number of aromatic carboxylic acids is 1. The predicted octanol–water partition coefficient (Wildman–Crippen LogP) is 1.98. The number of phenols is 1. The molecular formula is C16H14N2O5S. The molecule has 4 N–H and O–H groups in total. The van der Waals surface area contributed by atoms with E-state index in [1.165, 1.54) is 18.2 Å². The summed E-state index contributed by atoms with van der Waals surface area (Å²) in [4.78, 5) is 22.5. The standard InChI is InChI=1S/C16H14N2O5S/c19-13-8-10(6-7-12(13)15(21)22)17-16(24)18-14(20)9-23-11-4-2-1-3-5-11/h1-8,19H,9H2,(H,21,22)(H2,17,18,20,24). The number of nitrogens with one attached hydrogen (secondary N) is 2. The van der Waals surface area contributed by atoms with Gasteiger partial charge >= 0.3 is 5.97 Å². The van der Waals surface area contributed by atoms with Crippen molar-refractivity contribution < 1.29 is 24.5 Å². The molecule has 0 aliphatic heterocycles. The van der Waals surface area contributed by atoms with Crippen molar-refractivity contribution in [2.24, 2.45) is 0 Å². The van der Waals surface area contributed by atoms with E-state index in [9.17, 15) is 14.7 Å². The third kappa shape index (κ3) is 4.96. The molecule has 8 heteroatoms. The summed E-state index contributed by atoms with van der Waals surface area (Å²) in [7, 11) is 0. The number of hydrogen-bond donors (Lipinski definition) is 4. The summed E-state index contributed by atoms with van der Waals surface area (Å²) in [5.41, 5.74) is 0.110. The summed E-state index contributed by atoms with van der Waals surface area (Å²) in [6.07, 6.45) is 0. The number of anilines is 1. The first-order valence-corrected chi connectivity index (χ1v) is 7.21. The van der Waals surface area contributed by atoms with Crippen molar-refractivity contribution in [2.45, 2.75) is 0 Å². The van der Waals surface area contributed by atoms with Gasteiger partial charge in [-0.3, -0.25) is 10.1 Å². The molecule has 0 radical (unpaired) electrons. The maximum atomic E-state index is 11.7. The van der Waals surface area contributed by atoms with Crippen molar-refractivity contribution in [2.75, 3.05) is 11.9 Å². The van der Waals surface area contributed by atoms with Gasteiger partial charge in [0.25, 0.3) is 5.91 Å². The largest absolute Gasteiger partial charge is 0.507 e. The summed E-state index contributed by atoms with van der Waals surface area (Å²) in [5, 5.41) is 23.5. The molecule has 2 aromatic rings. The highest BCUT2D eigenvalue weighted by molar-refractivity contribution is 7.80. The van der Waals surface area contributed by atoms with Gasteiger partial charge < -0.3 is 20.3 Å². The van der Waals surface area contributed by atoms with Crippen LogP contribution in [0, 0.1) is 0 Å². The van der Waals surface area contributed by atoms with Crippen LogP contribution in [-0.4, -0.2) is 33.8 Å². The second-order valence-corrected chi connectivity index (χ2v) is 5.05. The Morgan fingerprint density at radius 2 is 1.83 bits per heavy atom. The molecule has 0 atom stereocenters. The SMILES string of the molecule is O=C(COc1ccccc1)NC(=S)Nc1ccc(C(=O)O)c(O)c1. The normalized spacial score (nSPS) is 9.83. The molecular weight excluding hydrogens is 332 g/mol. The number of carbonyl (C=O) groups is 2. The Labute approximate surface area is 142 Å². The molecule has 0 aliphatic carbocycles. The van der Waals surface area contributed by atoms with Gasteiger partial charge in [-0.15, -0.1) is 0 Å². The summed E-state index contributed by atoms with van der Waals surface area (Å²) in [6, 6.07) is 12.7. The molecule has 124 valence electrons. The van der Waals surface area contributed by atoms with Gasteiger partial charge in [0.2, 0.25) is 0 Å². The van der Waals surface area contributed by atoms with Gasteiger partial charge in [-0.1, -0.05) is 18.2 Å². The van der Waals surface area contributed by atoms with Crippen LogP contribution < -0.4 is 15.4 Å². The predicted molar refractivity (Wildman–Crippen MR) is 91.4 cm³/mol. The maximum absolute atomic E-state index is 11.7. The number of carbonyl (C=O) groups excluding carboxylic acids is 1. The summed E-state index contributed by atoms with van der Waals surface area (Å²) < 4.78 is 5.28. The van der Waals surface area contributed by atoms with E-state index in [1.54, 1.807) is 24.3 Å². The van der Waals surface area contributed by atoms with Crippen LogP contribution in [0.4, 0.5) is 5.69 Å². The minimum atomic E-state index is -1.24. The summed E-state index contributed by atoms with van der Waals surface area (Å²) in [5.74, 6) is -1.55. The minimum absolute atomic E-state index is 0.000799. The number of benzene rings is 2. The van der Waals surface area contributed by atoms with Crippen molar-refractivity contribution in [1.82, 2.24) is 5.32 Å². The molecule has 7 nitrogen and oxygen atoms in total. The van der Waals surface area contributed by atoms with Crippen LogP contribution in [0.1, 0.15) is 10.4 Å². The Kier molecular flexibility index (Phi) is 5.69. The number of rotatable bonds is 5. The van der Waals surface area contributed by atoms with Gasteiger partial charge in [0.15, 0.2) is 11.7 Å². The molecule has 2 aromatic carbocycles. The lowest BCUT2D eigenvalue weighted by Crippen LogP contribution is -2.37. The number of carboxylic acids is 1. The molecule has 0 fully saturated rings. The van der Waals surface area contributed by atoms with Crippen molar-refractivity contribution >= 4 is 34.9 Å². The van der Waals surface area contributed by atoms with E-state index >= 15 is 0 Å². The Bertz CT molecular complexity index is 764. The summed E-state index contributed by atoms with van der Waals surface area (Å²) >= 11 is 4.97. The van der Waals surface area contributed by atoms with Crippen LogP contribution >= 0.6 is 12.2 Å². The van der Waals surface area contributed by atoms with Crippen LogP contribution in [0.15, 0.2) is 48.5 Å². The van der Waals surface area contributed by atoms with E-state index in [-0.39, 0.29) is 17.3 Å². The van der Waals surface area contributed by atoms with E-state index in [0.717, 1.165) is 0 Å². The topological polar surface area (TPSA) is 108 Å². The van der Waals surface area contributed by atoms with Crippen LogP contribution in [-0.2, 0) is 4.79 Å². The van der Waals surface area contributed by atoms with E-state index in [2.05, 4.69) is 10.6 Å². The Morgan fingerprint density at radius 1 is 1.12 bits per heavy atom. The highest BCUT2D eigenvalue weighted by Crippen LogP contribution is 2.21. The highest BCUT2D eigenvalue weighted by Gasteiger charge is 2.11. The van der Waals surface area contributed by atoms with Gasteiger partial charge in [0, 0.05) is 11.8 Å². The van der Waals surface area contributed by atoms with E-state index in [4.69, 9.17) is 22.1 Å². The molecule has 0 unspecified atom stereocenters. The number of para-hydroxylation sites is 1. The molecule has 0 bridgehead atoms. The first kappa shape index (κ1) is 17.2. The fourth-order valence-electron chi connectivity index (χ4n) is 1.78. The van der Waals surface area contributed by atoms with Gasteiger partial charge in [-0.25, -0.2) is 4.79 Å². The van der Waals surface area contributed by atoms with E-state index in [0.29, 0.717) is 11.4 Å². The average Bonchev–Trinajstić information content (AvgIpc) is 2.53. The molecule has 2 rings (SSSR count). The van der Waals surface area contributed by atoms with Gasteiger partial charge in [0.1, 0.15) is 17.1 Å². The molecule has 0 aromatic heterocycles. The summed E-state index contributed by atoms with van der Waals surface area (Å²) in [6.45, 7) is -0.213. The van der Waals surface area contributed by atoms with E-state index < -0.39 is 17.6 Å². The van der Waals surface area contributed by atoms with Crippen LogP contribution in [0.3, 0.4) is 0 Å². The molecule has 0 saturated carbocycles. The Balaban J connectivity index is 1.85. The molecule has 0 heterocycles. The van der Waals surface area contributed by atoms with Crippen molar-refractivity contribution in [1.29, 1.82) is 0 Å². The molecule has 0 spiro atoms. The maximum Gasteiger partial charge on any atom is 0.339 e. The molecule has 0 aliphatic rings. The lowest BCUT2D eigenvalue weighted by Gasteiger charge is -2.11. The third-order valence-electron chi connectivity index (χ3n) is 2.85. The lowest BCUT2D eigenvalue weighted by atomic mass is 10.2. The second kappa shape index (κ2) is 7.93. The zero-order chi connectivity index (χ0) is 17.5. The van der Waals surface area contributed by atoms with Crippen LogP contribution in [0.2, 0.25) is 0 Å². The fourth-order valence-corrected chi connectivity index (χ4v) is 2.01. The zero-order valence-corrected chi connectivity index (χ0v) is 13.2. The number of carboxylic acid groups (broad SMARTS) is 1. The molecule has 1 amide bonds. The number of aromatic hydroxyl groups is 1. The van der Waals surface area contributed by atoms with Gasteiger partial charge in [-0.05, 0) is 36.5 Å². The van der Waals surface area contributed by atoms with Crippen molar-refractivity contribution in [3.8, 4) is 11.5 Å². The monoisotopic (exact) mass is 346 g/mol. The van der Waals surface area contributed by atoms with Gasteiger partial charge in [0.05, 0.1) is 0 Å². The Morgan fingerprint density at radius 3 is 2.46 bits per heavy atom. The van der Waals surface area contributed by atoms with Crippen LogP contribution in [0.25, 0.3) is 0 Å². The first-order valence-electron chi connectivity index (χ1n) is 6.80. The van der Waals surface area contributed by atoms with E-state index in [1.807, 2.05) is 6.07 Å². The van der Waals surface area contributed by atoms with Crippen LogP contribution in [0.5, 0.6) is 11.5 Å². The first-order chi connectivity index (χ1) is 11.5. The van der Waals surface area contributed by atoms with Crippen molar-refractivity contribution in [3.05, 3.63) is 54.1 Å². The Hall–Kier alpha value is -3.13. The quantitative estimate of drug-likeness (QED) is 0.613. The number of thiocarbonyl (C=S) groups is 1. The van der Waals surface area contributed by atoms with Gasteiger partial charge in [-0.2, -0.15) is 0 Å². The molecule has 0 saturated heterocycles. The fraction of sp³-hybridized carbons (Fsp3) is 0.0625. The average molecular weight is 346 g/mol. The zero-order valence-electron chi connectivity index (χ0n) is 12.4. The van der Waals surface area contributed by atoms with Crippen molar-refractivity contribution in [3.63, 3.8) is 0 Å².